The molecule has 1 fully saturated rings. The number of rotatable bonds is 5. The zero-order valence-corrected chi connectivity index (χ0v) is 11.2. The second-order valence-electron chi connectivity index (χ2n) is 4.61. The summed E-state index contributed by atoms with van der Waals surface area (Å²) in [5, 5.41) is 9.34. The van der Waals surface area contributed by atoms with E-state index in [-0.39, 0.29) is 0 Å². The smallest absolute Gasteiger partial charge is 0.191 e. The Labute approximate surface area is 106 Å². The van der Waals surface area contributed by atoms with Crippen LogP contribution >= 0.6 is 11.8 Å². The van der Waals surface area contributed by atoms with Crippen LogP contribution in [0.3, 0.4) is 0 Å². The Bertz CT molecular complexity index is 360. The van der Waals surface area contributed by atoms with Gasteiger partial charge in [0, 0.05) is 18.4 Å². The van der Waals surface area contributed by atoms with Crippen molar-refractivity contribution in [3.63, 3.8) is 0 Å². The van der Waals surface area contributed by atoms with Crippen LogP contribution < -0.4 is 5.73 Å². The van der Waals surface area contributed by atoms with Crippen LogP contribution in [0.5, 0.6) is 0 Å². The minimum atomic E-state index is 0.353. The molecule has 17 heavy (non-hydrogen) atoms. The zero-order valence-electron chi connectivity index (χ0n) is 10.4. The summed E-state index contributed by atoms with van der Waals surface area (Å²) in [5.41, 5.74) is 5.67. The predicted octanol–water partition coefficient (Wildman–Crippen LogP) is 1.45. The molecule has 2 N–H and O–H groups in total. The molecule has 5 nitrogen and oxygen atoms in total. The topological polar surface area (TPSA) is 66.0 Å². The van der Waals surface area contributed by atoms with Gasteiger partial charge in [-0.05, 0) is 26.2 Å². The van der Waals surface area contributed by atoms with Gasteiger partial charge in [0.05, 0.1) is 13.2 Å². The van der Waals surface area contributed by atoms with Crippen molar-refractivity contribution < 1.29 is 4.74 Å². The van der Waals surface area contributed by atoms with E-state index in [1.807, 2.05) is 0 Å². The Balaban J connectivity index is 2.01. The summed E-state index contributed by atoms with van der Waals surface area (Å²) in [4.78, 5) is 0. The van der Waals surface area contributed by atoms with Crippen LogP contribution in [0.25, 0.3) is 0 Å². The van der Waals surface area contributed by atoms with Crippen LogP contribution in [-0.4, -0.2) is 33.7 Å². The third kappa shape index (κ3) is 3.00. The quantitative estimate of drug-likeness (QED) is 0.808. The van der Waals surface area contributed by atoms with E-state index in [4.69, 9.17) is 10.5 Å². The SMILES string of the molecule is CC(C)n1c(CN)nnc1SCC1CCOC1. The highest BCUT2D eigenvalue weighted by Crippen LogP contribution is 2.26. The maximum Gasteiger partial charge on any atom is 0.191 e. The first-order valence-electron chi connectivity index (χ1n) is 6.06. The number of ether oxygens (including phenoxy) is 1. The van der Waals surface area contributed by atoms with E-state index in [0.717, 1.165) is 36.4 Å². The van der Waals surface area contributed by atoms with Gasteiger partial charge in [-0.25, -0.2) is 0 Å². The van der Waals surface area contributed by atoms with Crippen molar-refractivity contribution in [2.75, 3.05) is 19.0 Å². The maximum absolute atomic E-state index is 5.67. The number of thioether (sulfide) groups is 1. The Morgan fingerprint density at radius 2 is 2.35 bits per heavy atom. The molecule has 1 atom stereocenters. The summed E-state index contributed by atoms with van der Waals surface area (Å²) >= 11 is 1.76. The molecule has 0 saturated carbocycles. The summed E-state index contributed by atoms with van der Waals surface area (Å²) in [6.07, 6.45) is 1.16. The molecule has 1 aliphatic heterocycles. The lowest BCUT2D eigenvalue weighted by Crippen LogP contribution is -2.12. The van der Waals surface area contributed by atoms with E-state index in [2.05, 4.69) is 28.6 Å². The summed E-state index contributed by atoms with van der Waals surface area (Å²) in [6.45, 7) is 6.48. The summed E-state index contributed by atoms with van der Waals surface area (Å²) in [5.74, 6) is 2.57. The fourth-order valence-corrected chi connectivity index (χ4v) is 3.17. The van der Waals surface area contributed by atoms with Gasteiger partial charge in [-0.2, -0.15) is 0 Å². The van der Waals surface area contributed by atoms with Crippen molar-refractivity contribution >= 4 is 11.8 Å². The van der Waals surface area contributed by atoms with E-state index in [1.54, 1.807) is 11.8 Å². The highest BCUT2D eigenvalue weighted by molar-refractivity contribution is 7.99. The number of nitrogens with two attached hydrogens (primary N) is 1. The molecule has 2 rings (SSSR count). The van der Waals surface area contributed by atoms with Crippen molar-refractivity contribution in [3.8, 4) is 0 Å². The molecule has 0 radical (unpaired) electrons. The van der Waals surface area contributed by atoms with E-state index in [0.29, 0.717) is 18.5 Å². The zero-order chi connectivity index (χ0) is 12.3. The monoisotopic (exact) mass is 256 g/mol. The number of aromatic nitrogens is 3. The molecule has 0 bridgehead atoms. The molecule has 6 heteroatoms. The third-order valence-corrected chi connectivity index (χ3v) is 4.08. The highest BCUT2D eigenvalue weighted by atomic mass is 32.2. The minimum absolute atomic E-state index is 0.353. The molecule has 96 valence electrons. The van der Waals surface area contributed by atoms with E-state index in [9.17, 15) is 0 Å². The van der Waals surface area contributed by atoms with E-state index >= 15 is 0 Å². The first kappa shape index (κ1) is 12.9. The Kier molecular flexibility index (Phi) is 4.42. The molecule has 1 aromatic heterocycles. The average molecular weight is 256 g/mol. The molecular weight excluding hydrogens is 236 g/mol. The van der Waals surface area contributed by atoms with E-state index in [1.165, 1.54) is 0 Å². The van der Waals surface area contributed by atoms with Gasteiger partial charge >= 0.3 is 0 Å². The standard InChI is InChI=1S/C11H20N4OS/c1-8(2)15-10(5-12)13-14-11(15)17-7-9-3-4-16-6-9/h8-9H,3-7,12H2,1-2H3. The van der Waals surface area contributed by atoms with Crippen LogP contribution in [0.4, 0.5) is 0 Å². The van der Waals surface area contributed by atoms with Crippen LogP contribution in [0.15, 0.2) is 5.16 Å². The van der Waals surface area contributed by atoms with Crippen LogP contribution in [0.1, 0.15) is 32.1 Å². The first-order valence-corrected chi connectivity index (χ1v) is 7.05. The van der Waals surface area contributed by atoms with Crippen molar-refractivity contribution in [1.82, 2.24) is 14.8 Å². The molecule has 0 amide bonds. The lowest BCUT2D eigenvalue weighted by Gasteiger charge is -2.13. The van der Waals surface area contributed by atoms with E-state index < -0.39 is 0 Å². The molecule has 1 unspecified atom stereocenters. The summed E-state index contributed by atoms with van der Waals surface area (Å²) in [7, 11) is 0. The summed E-state index contributed by atoms with van der Waals surface area (Å²) < 4.78 is 7.50. The number of hydrogen-bond donors (Lipinski definition) is 1. The molecule has 2 heterocycles. The van der Waals surface area contributed by atoms with Crippen LogP contribution in [0, 0.1) is 5.92 Å². The lowest BCUT2D eigenvalue weighted by molar-refractivity contribution is 0.189. The fraction of sp³-hybridized carbons (Fsp3) is 0.818. The molecule has 0 spiro atoms. The van der Waals surface area contributed by atoms with Gasteiger partial charge in [0.1, 0.15) is 5.82 Å². The van der Waals surface area contributed by atoms with Crippen molar-refractivity contribution in [3.05, 3.63) is 5.82 Å². The average Bonchev–Trinajstić information content (AvgIpc) is 2.95. The van der Waals surface area contributed by atoms with Gasteiger partial charge in [-0.1, -0.05) is 11.8 Å². The first-order chi connectivity index (χ1) is 8.22. The number of nitrogens with zero attached hydrogens (tertiary/aromatic N) is 3. The van der Waals surface area contributed by atoms with Crippen molar-refractivity contribution in [1.29, 1.82) is 0 Å². The highest BCUT2D eigenvalue weighted by Gasteiger charge is 2.19. The third-order valence-electron chi connectivity index (χ3n) is 2.91. The van der Waals surface area contributed by atoms with Gasteiger partial charge in [0.15, 0.2) is 5.16 Å². The van der Waals surface area contributed by atoms with Gasteiger partial charge < -0.3 is 15.0 Å². The normalized spacial score (nSPS) is 20.4. The van der Waals surface area contributed by atoms with Gasteiger partial charge in [-0.3, -0.25) is 0 Å². The van der Waals surface area contributed by atoms with Crippen LogP contribution in [0.2, 0.25) is 0 Å². The Morgan fingerprint density at radius 3 is 2.94 bits per heavy atom. The summed E-state index contributed by atoms with van der Waals surface area (Å²) in [6, 6.07) is 0.353. The van der Waals surface area contributed by atoms with Gasteiger partial charge in [-0.15, -0.1) is 10.2 Å². The van der Waals surface area contributed by atoms with Crippen LogP contribution in [-0.2, 0) is 11.3 Å². The van der Waals surface area contributed by atoms with Gasteiger partial charge in [0.2, 0.25) is 0 Å². The van der Waals surface area contributed by atoms with Crippen molar-refractivity contribution in [2.24, 2.45) is 11.7 Å². The second-order valence-corrected chi connectivity index (χ2v) is 5.59. The molecule has 0 aliphatic carbocycles. The molecule has 1 aromatic rings. The Morgan fingerprint density at radius 1 is 1.53 bits per heavy atom. The minimum Gasteiger partial charge on any atom is -0.381 e. The van der Waals surface area contributed by atoms with Crippen molar-refractivity contribution in [2.45, 2.75) is 38.0 Å². The number of hydrogen-bond acceptors (Lipinski definition) is 5. The molecular formula is C11H20N4OS. The predicted molar refractivity (Wildman–Crippen MR) is 67.9 cm³/mol. The molecule has 1 saturated heterocycles. The maximum atomic E-state index is 5.67. The largest absolute Gasteiger partial charge is 0.381 e. The van der Waals surface area contributed by atoms with Gasteiger partial charge in [0.25, 0.3) is 0 Å². The molecule has 0 aromatic carbocycles. The second kappa shape index (κ2) is 5.84. The molecule has 1 aliphatic rings. The fourth-order valence-electron chi connectivity index (χ4n) is 1.97. The lowest BCUT2D eigenvalue weighted by atomic mass is 10.2. The Hall–Kier alpha value is -0.590.